The number of aromatic nitrogens is 1. The van der Waals surface area contributed by atoms with Gasteiger partial charge in [0.1, 0.15) is 37.9 Å². The predicted octanol–water partition coefficient (Wildman–Crippen LogP) is 8.15. The molecule has 1 heterocycles. The zero-order valence-electron chi connectivity index (χ0n) is 25.9. The highest BCUT2D eigenvalue weighted by Gasteiger charge is 2.25. The van der Waals surface area contributed by atoms with Crippen molar-refractivity contribution in [2.75, 3.05) is 33.5 Å². The van der Waals surface area contributed by atoms with Crippen LogP contribution >= 0.6 is 0 Å². The van der Waals surface area contributed by atoms with Crippen molar-refractivity contribution in [1.82, 2.24) is 4.57 Å². The summed E-state index contributed by atoms with van der Waals surface area (Å²) in [6.45, 7) is 21.2. The van der Waals surface area contributed by atoms with E-state index in [4.69, 9.17) is 23.7 Å². The highest BCUT2D eigenvalue weighted by molar-refractivity contribution is 5.92. The van der Waals surface area contributed by atoms with Gasteiger partial charge in [-0.25, -0.2) is 0 Å². The van der Waals surface area contributed by atoms with Crippen molar-refractivity contribution in [2.45, 2.75) is 46.1 Å². The molecule has 1 atom stereocenters. The summed E-state index contributed by atoms with van der Waals surface area (Å²) < 4.78 is 31.9. The lowest BCUT2D eigenvalue weighted by Crippen LogP contribution is -2.21. The normalized spacial score (nSPS) is 11.4. The van der Waals surface area contributed by atoms with Gasteiger partial charge in [-0.15, -0.1) is 0 Å². The van der Waals surface area contributed by atoms with Crippen LogP contribution in [0.2, 0.25) is 0 Å². The molecule has 230 valence electrons. The molecule has 1 aromatic heterocycles. The summed E-state index contributed by atoms with van der Waals surface area (Å²) in [7, 11) is 1.59. The summed E-state index contributed by atoms with van der Waals surface area (Å²) >= 11 is 0. The molecule has 0 aliphatic carbocycles. The molecule has 1 unspecified atom stereocenters. The van der Waals surface area contributed by atoms with E-state index in [1.165, 1.54) is 0 Å². The number of unbranched alkanes of at least 4 members (excludes halogenated alkanes) is 1. The second-order valence-electron chi connectivity index (χ2n) is 10.1. The minimum Gasteiger partial charge on any atom is -0.493 e. The van der Waals surface area contributed by atoms with Gasteiger partial charge < -0.3 is 28.3 Å². The van der Waals surface area contributed by atoms with Crippen LogP contribution in [0.4, 0.5) is 0 Å². The van der Waals surface area contributed by atoms with Crippen LogP contribution in [0.1, 0.15) is 39.5 Å². The molecule has 0 aliphatic heterocycles. The maximum atomic E-state index is 14.4. The Morgan fingerprint density at radius 2 is 1.47 bits per heavy atom. The van der Waals surface area contributed by atoms with Gasteiger partial charge in [0.25, 0.3) is 0 Å². The Kier molecular flexibility index (Phi) is 13.0. The van der Waals surface area contributed by atoms with Crippen LogP contribution in [0.3, 0.4) is 0 Å². The van der Waals surface area contributed by atoms with Gasteiger partial charge in [0.05, 0.1) is 23.7 Å². The third-order valence-corrected chi connectivity index (χ3v) is 7.11. The lowest BCUT2D eigenvalue weighted by Gasteiger charge is -2.26. The lowest BCUT2D eigenvalue weighted by molar-refractivity contribution is 0.326. The molecular formula is C36H45NO6. The van der Waals surface area contributed by atoms with E-state index in [9.17, 15) is 4.79 Å². The summed E-state index contributed by atoms with van der Waals surface area (Å²) in [5.74, 6) is 2.63. The first-order valence-electron chi connectivity index (χ1n) is 14.8. The minimum atomic E-state index is -0.287. The second-order valence-corrected chi connectivity index (χ2v) is 10.1. The first kappa shape index (κ1) is 33.1. The summed E-state index contributed by atoms with van der Waals surface area (Å²) in [6.07, 6.45) is 10.9. The van der Waals surface area contributed by atoms with Crippen molar-refractivity contribution in [3.63, 3.8) is 0 Å². The number of ether oxygens (including phenoxy) is 5. The molecule has 0 amide bonds. The fourth-order valence-electron chi connectivity index (χ4n) is 4.99. The fourth-order valence-corrected chi connectivity index (χ4v) is 4.99. The van der Waals surface area contributed by atoms with Gasteiger partial charge >= 0.3 is 0 Å². The van der Waals surface area contributed by atoms with Gasteiger partial charge in [-0.05, 0) is 30.5 Å². The van der Waals surface area contributed by atoms with E-state index in [1.807, 2.05) is 24.3 Å². The van der Waals surface area contributed by atoms with Crippen LogP contribution in [0.15, 0.2) is 85.7 Å². The van der Waals surface area contributed by atoms with Gasteiger partial charge in [0.2, 0.25) is 5.43 Å². The third-order valence-electron chi connectivity index (χ3n) is 7.11. The molecule has 0 N–H and O–H groups in total. The number of rotatable bonds is 20. The van der Waals surface area contributed by atoms with Crippen LogP contribution in [-0.4, -0.2) is 38.1 Å². The number of nitrogens with zero attached hydrogens (tertiary/aromatic N) is 1. The van der Waals surface area contributed by atoms with Gasteiger partial charge in [-0.2, -0.15) is 0 Å². The molecule has 0 bridgehead atoms. The lowest BCUT2D eigenvalue weighted by atomic mass is 9.97. The number of hydrogen-bond donors (Lipinski definition) is 0. The molecule has 0 radical (unpaired) electrons. The number of methoxy groups -OCH3 is 1. The van der Waals surface area contributed by atoms with Gasteiger partial charge in [0, 0.05) is 24.2 Å². The van der Waals surface area contributed by atoms with E-state index in [0.29, 0.717) is 65.3 Å². The molecule has 0 aliphatic rings. The number of pyridine rings is 1. The zero-order chi connectivity index (χ0) is 31.2. The van der Waals surface area contributed by atoms with Crippen molar-refractivity contribution in [3.8, 4) is 40.0 Å². The Labute approximate surface area is 255 Å². The number of hydrogen-bond acceptors (Lipinski definition) is 6. The molecule has 2 aromatic carbocycles. The highest BCUT2D eigenvalue weighted by Crippen LogP contribution is 2.40. The third kappa shape index (κ3) is 8.13. The Balaban J connectivity index is 2.49. The summed E-state index contributed by atoms with van der Waals surface area (Å²) in [5.41, 5.74) is 1.79. The standard InChI is InChI=1S/C36H45NO6/c1-8-14-15-26(13-6)25-37-29-23-28(40-18-9-2)24-32(42-20-11-4)33(29)35(38)36(43-21-12-5)34(37)27-16-17-30(41-19-10-3)31(22-27)39-7/h9-12,16-17,22-24,26H,2-5,8,13-15,18-21,25H2,1,6-7H3. The second kappa shape index (κ2) is 16.9. The number of benzene rings is 2. The van der Waals surface area contributed by atoms with Crippen molar-refractivity contribution >= 4 is 10.9 Å². The molecule has 7 nitrogen and oxygen atoms in total. The molecular weight excluding hydrogens is 542 g/mol. The Bertz CT molecular complexity index is 1470. The smallest absolute Gasteiger partial charge is 0.235 e. The largest absolute Gasteiger partial charge is 0.493 e. The fraction of sp³-hybridized carbons (Fsp3) is 0.361. The molecule has 3 aromatic rings. The van der Waals surface area contributed by atoms with Crippen LogP contribution in [0.25, 0.3) is 22.2 Å². The highest BCUT2D eigenvalue weighted by atomic mass is 16.5. The Morgan fingerprint density at radius 1 is 0.814 bits per heavy atom. The SMILES string of the molecule is C=CCOc1cc(OCC=C)c2c(=O)c(OCC=C)c(-c3ccc(OCC=C)c(OC)c3)n(CC(CC)CCCC)c2c1. The first-order valence-corrected chi connectivity index (χ1v) is 14.8. The van der Waals surface area contributed by atoms with Gasteiger partial charge in [-0.1, -0.05) is 83.7 Å². The Morgan fingerprint density at radius 3 is 2.09 bits per heavy atom. The molecule has 43 heavy (non-hydrogen) atoms. The van der Waals surface area contributed by atoms with Gasteiger partial charge in [-0.3, -0.25) is 4.79 Å². The van der Waals surface area contributed by atoms with E-state index in [1.54, 1.807) is 37.5 Å². The van der Waals surface area contributed by atoms with E-state index < -0.39 is 0 Å². The van der Waals surface area contributed by atoms with Crippen LogP contribution in [-0.2, 0) is 6.54 Å². The molecule has 0 spiro atoms. The predicted molar refractivity (Wildman–Crippen MR) is 176 cm³/mol. The van der Waals surface area contributed by atoms with Crippen molar-refractivity contribution < 1.29 is 23.7 Å². The number of fused-ring (bicyclic) bond motifs is 1. The van der Waals surface area contributed by atoms with Crippen LogP contribution < -0.4 is 29.1 Å². The van der Waals surface area contributed by atoms with E-state index >= 15 is 0 Å². The van der Waals surface area contributed by atoms with Crippen LogP contribution in [0, 0.1) is 5.92 Å². The van der Waals surface area contributed by atoms with Crippen molar-refractivity contribution in [2.24, 2.45) is 5.92 Å². The summed E-state index contributed by atoms with van der Waals surface area (Å²) in [4.78, 5) is 14.4. The molecule has 0 saturated heterocycles. The van der Waals surface area contributed by atoms with E-state index in [-0.39, 0.29) is 24.4 Å². The quantitative estimate of drug-likeness (QED) is 0.124. The molecule has 0 fully saturated rings. The summed E-state index contributed by atoms with van der Waals surface area (Å²) in [5, 5.41) is 0.416. The topological polar surface area (TPSA) is 68.2 Å². The summed E-state index contributed by atoms with van der Waals surface area (Å²) in [6, 6.07) is 9.26. The minimum absolute atomic E-state index is 0.155. The monoisotopic (exact) mass is 587 g/mol. The Hall–Kier alpha value is -4.39. The van der Waals surface area contributed by atoms with Crippen LogP contribution in [0.5, 0.6) is 28.7 Å². The van der Waals surface area contributed by atoms with E-state index in [2.05, 4.69) is 44.7 Å². The molecule has 0 saturated carbocycles. The first-order chi connectivity index (χ1) is 21.0. The average Bonchev–Trinajstić information content (AvgIpc) is 3.03. The van der Waals surface area contributed by atoms with E-state index in [0.717, 1.165) is 31.2 Å². The zero-order valence-corrected chi connectivity index (χ0v) is 25.9. The average molecular weight is 588 g/mol. The van der Waals surface area contributed by atoms with Crippen molar-refractivity contribution in [3.05, 3.63) is 91.2 Å². The maximum Gasteiger partial charge on any atom is 0.235 e. The molecule has 3 rings (SSSR count). The molecule has 7 heteroatoms. The van der Waals surface area contributed by atoms with Gasteiger partial charge in [0.15, 0.2) is 17.2 Å². The maximum absolute atomic E-state index is 14.4. The van der Waals surface area contributed by atoms with Crippen molar-refractivity contribution in [1.29, 1.82) is 0 Å².